The van der Waals surface area contributed by atoms with Crippen molar-refractivity contribution < 1.29 is 13.2 Å². The molecule has 0 bridgehead atoms. The van der Waals surface area contributed by atoms with Crippen molar-refractivity contribution in [2.75, 3.05) is 0 Å². The summed E-state index contributed by atoms with van der Waals surface area (Å²) in [6.07, 6.45) is -3.23. The molecule has 0 aliphatic rings. The van der Waals surface area contributed by atoms with E-state index in [1.165, 1.54) is 24.0 Å². The van der Waals surface area contributed by atoms with Gasteiger partial charge in [0.2, 0.25) is 0 Å². The Labute approximate surface area is 96.1 Å². The first-order valence-electron chi connectivity index (χ1n) is 4.36. The first kappa shape index (κ1) is 12.8. The number of hydrogen-bond acceptors (Lipinski definition) is 2. The van der Waals surface area contributed by atoms with Gasteiger partial charge in [0.05, 0.1) is 0 Å². The summed E-state index contributed by atoms with van der Waals surface area (Å²) in [4.78, 5) is 4.81. The molecule has 0 aliphatic heterocycles. The molecule has 0 aromatic carbocycles. The third-order valence-electron chi connectivity index (χ3n) is 1.67. The van der Waals surface area contributed by atoms with Crippen LogP contribution in [0.15, 0.2) is 36.4 Å². The number of pyridine rings is 1. The van der Waals surface area contributed by atoms with Gasteiger partial charge < -0.3 is 0 Å². The maximum absolute atomic E-state index is 12.2. The predicted octanol–water partition coefficient (Wildman–Crippen LogP) is 4.34. The SMILES string of the molecule is C=C(C)SC(=C)c1ccc(C(F)(F)F)nc1. The second-order valence-corrected chi connectivity index (χ2v) is 4.55. The lowest BCUT2D eigenvalue weighted by atomic mass is 10.2. The molecule has 5 heteroatoms. The average Bonchev–Trinajstić information content (AvgIpc) is 2.15. The number of nitrogens with zero attached hydrogens (tertiary/aromatic N) is 1. The molecular weight excluding hydrogens is 235 g/mol. The molecule has 0 aliphatic carbocycles. The quantitative estimate of drug-likeness (QED) is 0.785. The van der Waals surface area contributed by atoms with E-state index in [4.69, 9.17) is 0 Å². The minimum Gasteiger partial charge on any atom is -0.251 e. The molecule has 16 heavy (non-hydrogen) atoms. The van der Waals surface area contributed by atoms with Crippen LogP contribution in [0.4, 0.5) is 13.2 Å². The van der Waals surface area contributed by atoms with Gasteiger partial charge in [0.15, 0.2) is 0 Å². The van der Waals surface area contributed by atoms with Gasteiger partial charge in [0.1, 0.15) is 5.69 Å². The van der Waals surface area contributed by atoms with Crippen LogP contribution in [0.2, 0.25) is 0 Å². The van der Waals surface area contributed by atoms with Crippen molar-refractivity contribution in [3.63, 3.8) is 0 Å². The van der Waals surface area contributed by atoms with Crippen molar-refractivity contribution in [2.45, 2.75) is 13.1 Å². The van der Waals surface area contributed by atoms with Crippen LogP contribution >= 0.6 is 11.8 Å². The van der Waals surface area contributed by atoms with E-state index in [-0.39, 0.29) is 0 Å². The van der Waals surface area contributed by atoms with Crippen LogP contribution in [0, 0.1) is 0 Å². The minimum atomic E-state index is -4.40. The van der Waals surface area contributed by atoms with E-state index in [0.717, 1.165) is 11.0 Å². The Kier molecular flexibility index (Phi) is 3.80. The van der Waals surface area contributed by atoms with Crippen molar-refractivity contribution in [2.24, 2.45) is 0 Å². The fourth-order valence-corrected chi connectivity index (χ4v) is 1.65. The van der Waals surface area contributed by atoms with Crippen LogP contribution in [-0.2, 0) is 6.18 Å². The Hall–Kier alpha value is -1.23. The van der Waals surface area contributed by atoms with Crippen LogP contribution < -0.4 is 0 Å². The summed E-state index contributed by atoms with van der Waals surface area (Å²) < 4.78 is 36.7. The van der Waals surface area contributed by atoms with Gasteiger partial charge in [-0.05, 0) is 17.9 Å². The molecule has 1 heterocycles. The van der Waals surface area contributed by atoms with Crippen molar-refractivity contribution in [1.29, 1.82) is 0 Å². The second kappa shape index (κ2) is 4.74. The van der Waals surface area contributed by atoms with E-state index in [1.54, 1.807) is 6.92 Å². The number of thioether (sulfide) groups is 1. The van der Waals surface area contributed by atoms with Crippen LogP contribution in [0.25, 0.3) is 4.91 Å². The van der Waals surface area contributed by atoms with Gasteiger partial charge in [-0.25, -0.2) is 0 Å². The van der Waals surface area contributed by atoms with Crippen molar-refractivity contribution in [3.05, 3.63) is 47.6 Å². The van der Waals surface area contributed by atoms with Crippen LogP contribution in [0.1, 0.15) is 18.2 Å². The summed E-state index contributed by atoms with van der Waals surface area (Å²) in [6.45, 7) is 9.22. The topological polar surface area (TPSA) is 12.9 Å². The molecule has 0 saturated heterocycles. The Balaban J connectivity index is 2.87. The summed E-state index contributed by atoms with van der Waals surface area (Å²) in [5.74, 6) is 0. The van der Waals surface area contributed by atoms with Crippen LogP contribution in [0.3, 0.4) is 0 Å². The van der Waals surface area contributed by atoms with E-state index < -0.39 is 11.9 Å². The molecule has 1 rings (SSSR count). The van der Waals surface area contributed by atoms with Crippen LogP contribution in [-0.4, -0.2) is 4.98 Å². The molecule has 86 valence electrons. The third-order valence-corrected chi connectivity index (χ3v) is 2.50. The third kappa shape index (κ3) is 3.41. The number of rotatable bonds is 3. The maximum Gasteiger partial charge on any atom is 0.433 e. The highest BCUT2D eigenvalue weighted by Gasteiger charge is 2.32. The van der Waals surface area contributed by atoms with E-state index >= 15 is 0 Å². The summed E-state index contributed by atoms with van der Waals surface area (Å²) in [5, 5.41) is 0. The molecule has 0 N–H and O–H groups in total. The van der Waals surface area contributed by atoms with E-state index in [2.05, 4.69) is 18.1 Å². The van der Waals surface area contributed by atoms with Crippen molar-refractivity contribution >= 4 is 16.7 Å². The van der Waals surface area contributed by atoms with Crippen molar-refractivity contribution in [1.82, 2.24) is 4.98 Å². The normalized spacial score (nSPS) is 11.2. The van der Waals surface area contributed by atoms with Gasteiger partial charge in [0, 0.05) is 16.7 Å². The fraction of sp³-hybridized carbons (Fsp3) is 0.182. The molecule has 0 amide bonds. The standard InChI is InChI=1S/C11H10F3NS/c1-7(2)16-8(3)9-4-5-10(15-6-9)11(12,13)14/h4-6H,1,3H2,2H3. The highest BCUT2D eigenvalue weighted by atomic mass is 32.2. The Morgan fingerprint density at radius 3 is 2.31 bits per heavy atom. The smallest absolute Gasteiger partial charge is 0.251 e. The zero-order valence-electron chi connectivity index (χ0n) is 8.64. The Bertz CT molecular complexity index is 406. The van der Waals surface area contributed by atoms with Crippen LogP contribution in [0.5, 0.6) is 0 Å². The number of allylic oxidation sites excluding steroid dienone is 1. The molecule has 0 saturated carbocycles. The van der Waals surface area contributed by atoms with Gasteiger partial charge in [-0.15, -0.1) is 0 Å². The lowest BCUT2D eigenvalue weighted by Gasteiger charge is -2.08. The highest BCUT2D eigenvalue weighted by Crippen LogP contribution is 2.32. The summed E-state index contributed by atoms with van der Waals surface area (Å²) in [6, 6.07) is 2.30. The van der Waals surface area contributed by atoms with Gasteiger partial charge >= 0.3 is 6.18 Å². The summed E-state index contributed by atoms with van der Waals surface area (Å²) >= 11 is 1.31. The average molecular weight is 245 g/mol. The molecule has 0 radical (unpaired) electrons. The van der Waals surface area contributed by atoms with Gasteiger partial charge in [-0.1, -0.05) is 31.0 Å². The molecular formula is C11H10F3NS. The number of aromatic nitrogens is 1. The highest BCUT2D eigenvalue weighted by molar-refractivity contribution is 8.11. The Morgan fingerprint density at radius 1 is 1.31 bits per heavy atom. The van der Waals surface area contributed by atoms with E-state index in [1.807, 2.05) is 0 Å². The predicted molar refractivity (Wildman–Crippen MR) is 60.7 cm³/mol. The molecule has 0 spiro atoms. The molecule has 0 unspecified atom stereocenters. The maximum atomic E-state index is 12.2. The zero-order valence-corrected chi connectivity index (χ0v) is 9.45. The van der Waals surface area contributed by atoms with Crippen molar-refractivity contribution in [3.8, 4) is 0 Å². The summed E-state index contributed by atoms with van der Waals surface area (Å²) in [7, 11) is 0. The van der Waals surface area contributed by atoms with Gasteiger partial charge in [-0.3, -0.25) is 4.98 Å². The largest absolute Gasteiger partial charge is 0.433 e. The van der Waals surface area contributed by atoms with E-state index in [9.17, 15) is 13.2 Å². The molecule has 1 nitrogen and oxygen atoms in total. The number of halogens is 3. The summed E-state index contributed by atoms with van der Waals surface area (Å²) in [5.41, 5.74) is -0.328. The number of alkyl halides is 3. The first-order chi connectivity index (χ1) is 7.30. The second-order valence-electron chi connectivity index (χ2n) is 3.16. The first-order valence-corrected chi connectivity index (χ1v) is 5.18. The van der Waals surface area contributed by atoms with Gasteiger partial charge in [0.25, 0.3) is 0 Å². The van der Waals surface area contributed by atoms with E-state index in [0.29, 0.717) is 10.5 Å². The lowest BCUT2D eigenvalue weighted by molar-refractivity contribution is -0.141. The lowest BCUT2D eigenvalue weighted by Crippen LogP contribution is -2.07. The zero-order chi connectivity index (χ0) is 12.3. The fourth-order valence-electron chi connectivity index (χ4n) is 0.996. The monoisotopic (exact) mass is 245 g/mol. The molecule has 1 aromatic heterocycles. The number of hydrogen-bond donors (Lipinski definition) is 0. The molecule has 0 fully saturated rings. The van der Waals surface area contributed by atoms with Gasteiger partial charge in [-0.2, -0.15) is 13.2 Å². The molecule has 0 atom stereocenters. The molecule has 1 aromatic rings. The minimum absolute atomic E-state index is 0.570. The Morgan fingerprint density at radius 2 is 1.94 bits per heavy atom.